The van der Waals surface area contributed by atoms with Gasteiger partial charge in [0.25, 0.3) is 5.91 Å². The van der Waals surface area contributed by atoms with Gasteiger partial charge in [-0.25, -0.2) is 10.2 Å². The molecule has 2 amide bonds. The number of carbonyl (C=O) groups is 3. The van der Waals surface area contributed by atoms with E-state index >= 15 is 0 Å². The molecule has 5 aromatic rings. The molecule has 0 saturated heterocycles. The topological polar surface area (TPSA) is 106 Å². The molecule has 8 nitrogen and oxygen atoms in total. The zero-order valence-electron chi connectivity index (χ0n) is 27.4. The van der Waals surface area contributed by atoms with Crippen molar-refractivity contribution in [1.82, 2.24) is 10.9 Å². The first-order valence-corrected chi connectivity index (χ1v) is 16.6. The minimum atomic E-state index is -0.968. The van der Waals surface area contributed by atoms with Gasteiger partial charge in [0.15, 0.2) is 0 Å². The Morgan fingerprint density at radius 3 is 2.08 bits per heavy atom. The summed E-state index contributed by atoms with van der Waals surface area (Å²) in [6, 6.07) is 32.6. The number of hydrazine groups is 1. The van der Waals surface area contributed by atoms with Crippen LogP contribution in [0, 0.1) is 0 Å². The molecular formula is C39H39N3O5S. The summed E-state index contributed by atoms with van der Waals surface area (Å²) in [5.74, 6) is -0.634. The number of benzene rings is 4. The quantitative estimate of drug-likeness (QED) is 0.0922. The fourth-order valence-corrected chi connectivity index (χ4v) is 5.96. The number of amides is 2. The van der Waals surface area contributed by atoms with E-state index in [4.69, 9.17) is 9.47 Å². The minimum Gasteiger partial charge on any atom is -0.489 e. The number of esters is 1. The minimum absolute atomic E-state index is 0.0685. The molecule has 48 heavy (non-hydrogen) atoms. The van der Waals surface area contributed by atoms with Crippen molar-refractivity contribution in [1.29, 1.82) is 0 Å². The molecule has 0 bridgehead atoms. The molecule has 1 atom stereocenters. The van der Waals surface area contributed by atoms with Crippen molar-refractivity contribution in [3.05, 3.63) is 142 Å². The van der Waals surface area contributed by atoms with E-state index in [-0.39, 0.29) is 17.6 Å². The Kier molecular flexibility index (Phi) is 11.1. The maximum absolute atomic E-state index is 13.8. The van der Waals surface area contributed by atoms with E-state index in [0.717, 1.165) is 16.9 Å². The van der Waals surface area contributed by atoms with E-state index in [0.29, 0.717) is 28.3 Å². The van der Waals surface area contributed by atoms with Crippen LogP contribution in [0.3, 0.4) is 0 Å². The smallest absolute Gasteiger partial charge is 0.341 e. The van der Waals surface area contributed by atoms with Crippen LogP contribution >= 0.6 is 11.3 Å². The third-order valence-electron chi connectivity index (χ3n) is 7.66. The Morgan fingerprint density at radius 1 is 0.812 bits per heavy atom. The number of carbonyl (C=O) groups excluding carboxylic acids is 3. The molecule has 246 valence electrons. The van der Waals surface area contributed by atoms with Gasteiger partial charge in [0, 0.05) is 16.5 Å². The Morgan fingerprint density at radius 2 is 1.46 bits per heavy atom. The molecule has 1 aromatic heterocycles. The van der Waals surface area contributed by atoms with Gasteiger partial charge in [-0.2, -0.15) is 0 Å². The van der Waals surface area contributed by atoms with Crippen LogP contribution in [0.15, 0.2) is 115 Å². The molecule has 0 aliphatic heterocycles. The molecule has 0 spiro atoms. The van der Waals surface area contributed by atoms with Crippen molar-refractivity contribution in [2.75, 3.05) is 11.9 Å². The van der Waals surface area contributed by atoms with Crippen molar-refractivity contribution >= 4 is 34.1 Å². The summed E-state index contributed by atoms with van der Waals surface area (Å²) in [6.07, 6.45) is 0. The highest BCUT2D eigenvalue weighted by molar-refractivity contribution is 7.15. The standard InChI is InChI=1S/C39H39N3O5S/c1-5-46-38(45)33-32(27-12-8-6-9-13-27)25-48-37(33)40-36(44)34(28-14-10-7-11-15-28)41-42-35(43)29-18-16-26(17-19-29)24-47-31-22-20-30(21-23-31)39(2,3)4/h6-23,25,34,41H,5,24H2,1-4H3,(H,40,44)(H,42,43). The lowest BCUT2D eigenvalue weighted by atomic mass is 9.87. The predicted octanol–water partition coefficient (Wildman–Crippen LogP) is 8.08. The molecule has 5 rings (SSSR count). The van der Waals surface area contributed by atoms with Crippen LogP contribution in [0.1, 0.15) is 71.1 Å². The third-order valence-corrected chi connectivity index (χ3v) is 8.55. The zero-order chi connectivity index (χ0) is 34.1. The van der Waals surface area contributed by atoms with Gasteiger partial charge in [-0.1, -0.05) is 106 Å². The zero-order valence-corrected chi connectivity index (χ0v) is 28.2. The van der Waals surface area contributed by atoms with Gasteiger partial charge in [0.2, 0.25) is 5.91 Å². The number of hydrogen-bond acceptors (Lipinski definition) is 7. The highest BCUT2D eigenvalue weighted by Crippen LogP contribution is 2.36. The molecular weight excluding hydrogens is 623 g/mol. The van der Waals surface area contributed by atoms with Gasteiger partial charge in [0.1, 0.15) is 29.0 Å². The molecule has 0 aliphatic carbocycles. The molecule has 4 aromatic carbocycles. The summed E-state index contributed by atoms with van der Waals surface area (Å²) < 4.78 is 11.3. The second-order valence-corrected chi connectivity index (χ2v) is 13.0. The first-order valence-electron chi connectivity index (χ1n) is 15.7. The number of rotatable bonds is 12. The predicted molar refractivity (Wildman–Crippen MR) is 190 cm³/mol. The lowest BCUT2D eigenvalue weighted by Gasteiger charge is -2.20. The summed E-state index contributed by atoms with van der Waals surface area (Å²) in [4.78, 5) is 40.0. The lowest BCUT2D eigenvalue weighted by Crippen LogP contribution is -2.44. The van der Waals surface area contributed by atoms with Crippen LogP contribution in [0.2, 0.25) is 0 Å². The SMILES string of the molecule is CCOC(=O)c1c(-c2ccccc2)csc1NC(=O)C(NNC(=O)c1ccc(COc2ccc(C(C)(C)C)cc2)cc1)c1ccccc1. The Bertz CT molecular complexity index is 1830. The first kappa shape index (κ1) is 34.1. The molecule has 0 radical (unpaired) electrons. The van der Waals surface area contributed by atoms with Gasteiger partial charge in [-0.05, 0) is 58.9 Å². The Labute approximate surface area is 285 Å². The van der Waals surface area contributed by atoms with Crippen LogP contribution in [0.25, 0.3) is 11.1 Å². The molecule has 1 unspecified atom stereocenters. The van der Waals surface area contributed by atoms with Gasteiger partial charge < -0.3 is 14.8 Å². The van der Waals surface area contributed by atoms with Gasteiger partial charge in [0.05, 0.1) is 6.61 Å². The molecule has 9 heteroatoms. The van der Waals surface area contributed by atoms with Crippen LogP contribution in [-0.4, -0.2) is 24.4 Å². The molecule has 0 fully saturated rings. The summed E-state index contributed by atoms with van der Waals surface area (Å²) in [5, 5.41) is 5.07. The second kappa shape index (κ2) is 15.6. The second-order valence-electron chi connectivity index (χ2n) is 12.1. The maximum Gasteiger partial charge on any atom is 0.341 e. The lowest BCUT2D eigenvalue weighted by molar-refractivity contribution is -0.118. The average molecular weight is 662 g/mol. The van der Waals surface area contributed by atoms with Crippen molar-refractivity contribution in [2.24, 2.45) is 0 Å². The van der Waals surface area contributed by atoms with Crippen LogP contribution in [-0.2, 0) is 21.6 Å². The number of nitrogens with one attached hydrogen (secondary N) is 3. The van der Waals surface area contributed by atoms with Crippen molar-refractivity contribution in [2.45, 2.75) is 45.8 Å². The molecule has 0 saturated carbocycles. The normalized spacial score (nSPS) is 11.8. The number of hydrogen-bond donors (Lipinski definition) is 3. The molecule has 3 N–H and O–H groups in total. The average Bonchev–Trinajstić information content (AvgIpc) is 3.52. The van der Waals surface area contributed by atoms with E-state index in [9.17, 15) is 14.4 Å². The summed E-state index contributed by atoms with van der Waals surface area (Å²) in [7, 11) is 0. The van der Waals surface area contributed by atoms with Crippen molar-refractivity contribution < 1.29 is 23.9 Å². The third kappa shape index (κ3) is 8.56. The van der Waals surface area contributed by atoms with Crippen molar-refractivity contribution in [3.8, 4) is 16.9 Å². The van der Waals surface area contributed by atoms with Crippen molar-refractivity contribution in [3.63, 3.8) is 0 Å². The van der Waals surface area contributed by atoms with Crippen LogP contribution < -0.4 is 20.9 Å². The fourth-order valence-electron chi connectivity index (χ4n) is 5.00. The molecule has 1 heterocycles. The van der Waals surface area contributed by atoms with E-state index in [1.807, 2.05) is 78.2 Å². The number of thiophene rings is 1. The van der Waals surface area contributed by atoms with Gasteiger partial charge in [-0.3, -0.25) is 15.0 Å². The van der Waals surface area contributed by atoms with Crippen LogP contribution in [0.4, 0.5) is 5.00 Å². The van der Waals surface area contributed by atoms with Gasteiger partial charge in [-0.15, -0.1) is 11.3 Å². The number of anilines is 1. The number of ether oxygens (including phenoxy) is 2. The highest BCUT2D eigenvalue weighted by Gasteiger charge is 2.27. The van der Waals surface area contributed by atoms with E-state index in [1.165, 1.54) is 16.9 Å². The van der Waals surface area contributed by atoms with Crippen LogP contribution in [0.5, 0.6) is 5.75 Å². The van der Waals surface area contributed by atoms with E-state index < -0.39 is 23.8 Å². The summed E-state index contributed by atoms with van der Waals surface area (Å²) in [6.45, 7) is 8.79. The largest absolute Gasteiger partial charge is 0.489 e. The Hall–Kier alpha value is -5.25. The highest BCUT2D eigenvalue weighted by atomic mass is 32.1. The first-order chi connectivity index (χ1) is 23.1. The summed E-state index contributed by atoms with van der Waals surface area (Å²) in [5.41, 5.74) is 10.6. The monoisotopic (exact) mass is 661 g/mol. The Balaban J connectivity index is 1.26. The van der Waals surface area contributed by atoms with E-state index in [2.05, 4.69) is 49.1 Å². The maximum atomic E-state index is 13.8. The fraction of sp³-hybridized carbons (Fsp3) is 0.205. The molecule has 0 aliphatic rings. The van der Waals surface area contributed by atoms with Gasteiger partial charge >= 0.3 is 5.97 Å². The van der Waals surface area contributed by atoms with E-state index in [1.54, 1.807) is 31.2 Å². The summed E-state index contributed by atoms with van der Waals surface area (Å²) >= 11 is 1.23.